The van der Waals surface area contributed by atoms with Gasteiger partial charge in [0.1, 0.15) is 0 Å². The summed E-state index contributed by atoms with van der Waals surface area (Å²) < 4.78 is 0. The van der Waals surface area contributed by atoms with Gasteiger partial charge in [0.05, 0.1) is 34.1 Å². The Morgan fingerprint density at radius 3 is 0.868 bits per heavy atom. The third-order valence-corrected chi connectivity index (χ3v) is 15.6. The summed E-state index contributed by atoms with van der Waals surface area (Å²) in [4.78, 5) is 14.0. The first-order valence-corrected chi connectivity index (χ1v) is 19.4. The Morgan fingerprint density at radius 2 is 0.679 bits per heavy atom. The normalized spacial score (nSPS) is 10.7. The van der Waals surface area contributed by atoms with Gasteiger partial charge in [-0.2, -0.15) is 27.4 Å². The van der Waals surface area contributed by atoms with Crippen LogP contribution in [0.1, 0.15) is 38.9 Å². The number of benzene rings is 3. The summed E-state index contributed by atoms with van der Waals surface area (Å²) in [5.74, 6) is 0. The summed E-state index contributed by atoms with van der Waals surface area (Å²) in [5.41, 5.74) is 17.0. The van der Waals surface area contributed by atoms with Crippen LogP contribution in [0.3, 0.4) is 0 Å². The summed E-state index contributed by atoms with van der Waals surface area (Å²) in [5, 5.41) is 5.79. The summed E-state index contributed by atoms with van der Waals surface area (Å²) in [6.07, 6.45) is 0. The topological polar surface area (TPSA) is 19.4 Å². The second kappa shape index (κ2) is 19.0. The Hall–Kier alpha value is -2.39. The third-order valence-electron chi connectivity index (χ3n) is 10.5. The molecule has 4 aromatic rings. The van der Waals surface area contributed by atoms with Gasteiger partial charge in [-0.15, -0.1) is 0 Å². The van der Waals surface area contributed by atoms with Crippen LogP contribution >= 0.6 is 0 Å². The second-order valence-corrected chi connectivity index (χ2v) is 19.1. The van der Waals surface area contributed by atoms with E-state index >= 15 is 0 Å². The zero-order valence-electron chi connectivity index (χ0n) is 35.8. The third kappa shape index (κ3) is 8.71. The van der Waals surface area contributed by atoms with Crippen molar-refractivity contribution in [2.24, 2.45) is 0 Å². The van der Waals surface area contributed by atoms with Crippen molar-refractivity contribution in [2.75, 3.05) is 114 Å². The van der Waals surface area contributed by atoms with Gasteiger partial charge < -0.3 is 66.6 Å². The summed E-state index contributed by atoms with van der Waals surface area (Å²) in [7, 11) is 23.2. The van der Waals surface area contributed by atoms with E-state index < -0.39 is 8.07 Å². The quantitative estimate of drug-likeness (QED) is 0.0928. The van der Waals surface area contributed by atoms with Crippen LogP contribution in [-0.4, -0.2) is 92.6 Å². The van der Waals surface area contributed by atoms with Gasteiger partial charge in [-0.1, -0.05) is 45.9 Å². The monoisotopic (exact) mass is 832 g/mol. The van der Waals surface area contributed by atoms with Gasteiger partial charge in [-0.05, 0) is 71.2 Å². The molecular weight excluding hydrogens is 771 g/mol. The van der Waals surface area contributed by atoms with E-state index in [1.807, 2.05) is 0 Å². The number of aryl methyl sites for hydroxylation is 3. The van der Waals surface area contributed by atoms with Crippen molar-refractivity contribution >= 4 is 62.9 Å². The molecule has 290 valence electrons. The second-order valence-electron chi connectivity index (χ2n) is 15.5. The van der Waals surface area contributed by atoms with E-state index in [9.17, 15) is 0 Å². The minimum absolute atomic E-state index is 0. The molecule has 0 saturated carbocycles. The first kappa shape index (κ1) is 50.6. The molecule has 0 atom stereocenters. The van der Waals surface area contributed by atoms with E-state index in [4.69, 9.17) is 0 Å². The van der Waals surface area contributed by atoms with Gasteiger partial charge in [-0.3, -0.25) is 0 Å². The molecule has 0 aromatic heterocycles. The van der Waals surface area contributed by atoms with E-state index in [0.29, 0.717) is 0 Å². The fraction of sp³-hybridized carbons (Fsp3) is 0.452. The Balaban J connectivity index is 0.00000676. The Kier molecular flexibility index (Phi) is 18.1. The molecule has 4 rings (SSSR count). The van der Waals surface area contributed by atoms with Crippen LogP contribution in [0, 0.1) is 48.5 Å². The van der Waals surface area contributed by atoms with Crippen molar-refractivity contribution in [3.63, 3.8) is 0 Å². The molecule has 53 heavy (non-hydrogen) atoms. The molecule has 0 fully saturated rings. The number of anilines is 6. The molecule has 0 unspecified atom stereocenters. The molecule has 0 N–H and O–H groups in total. The molecule has 6 nitrogen and oxygen atoms in total. The molecule has 0 spiro atoms. The first-order valence-electron chi connectivity index (χ1n) is 17.4. The van der Waals surface area contributed by atoms with Gasteiger partial charge >= 0.3 is 21.7 Å². The smallest absolute Gasteiger partial charge is 1.00 e. The van der Waals surface area contributed by atoms with Crippen LogP contribution in [0.15, 0.2) is 36.4 Å². The van der Waals surface area contributed by atoms with Crippen LogP contribution < -0.4 is 87.4 Å². The zero-order valence-corrected chi connectivity index (χ0v) is 40.6. The number of hydrogen-bond acceptors (Lipinski definition) is 6. The molecule has 0 radical (unpaired) electrons. The van der Waals surface area contributed by atoms with E-state index in [-0.39, 0.29) is 58.9 Å². The van der Waals surface area contributed by atoms with Crippen molar-refractivity contribution in [3.8, 4) is 0 Å². The van der Waals surface area contributed by atoms with Crippen molar-refractivity contribution in [3.05, 3.63) is 75.3 Å². The minimum Gasteiger partial charge on any atom is -1.00 e. The summed E-state index contributed by atoms with van der Waals surface area (Å²) >= 11 is 0. The first-order chi connectivity index (χ1) is 22.7. The fourth-order valence-corrected chi connectivity index (χ4v) is 14.8. The Bertz CT molecular complexity index is 1690. The number of nitrogens with zero attached hydrogens (tertiary/aromatic N) is 6. The summed E-state index contributed by atoms with van der Waals surface area (Å²) in [6.45, 7) is 16.3. The van der Waals surface area contributed by atoms with Gasteiger partial charge in [0, 0.05) is 84.6 Å². The summed E-state index contributed by atoms with van der Waals surface area (Å²) in [6, 6.07) is 14.7. The number of rotatable bonds is 10. The van der Waals surface area contributed by atoms with Crippen molar-refractivity contribution in [2.45, 2.75) is 48.5 Å². The molecule has 0 aliphatic carbocycles. The molecule has 4 aromatic carbocycles. The van der Waals surface area contributed by atoms with Gasteiger partial charge in [0.2, 0.25) is 0 Å². The molecule has 0 bridgehead atoms. The molecule has 0 aliphatic heterocycles. The largest absolute Gasteiger partial charge is 4.00 e. The molecule has 0 heterocycles. The fourth-order valence-electron chi connectivity index (χ4n) is 8.19. The van der Waals surface area contributed by atoms with Crippen LogP contribution in [0.5, 0.6) is 0 Å². The maximum atomic E-state index is 2.54. The molecule has 0 saturated heterocycles. The van der Waals surface area contributed by atoms with Crippen molar-refractivity contribution in [1.29, 1.82) is 0 Å². The average Bonchev–Trinajstić information content (AvgIpc) is 3.18. The van der Waals surface area contributed by atoms with E-state index in [1.54, 1.807) is 0 Å². The maximum absolute atomic E-state index is 3.25. The minimum atomic E-state index is -3.25. The number of hydrogen-bond donors (Lipinski definition) is 0. The van der Waals surface area contributed by atoms with Crippen LogP contribution in [0.4, 0.5) is 34.1 Å². The number of halogens is 3. The maximum Gasteiger partial charge on any atom is 4.00 e. The van der Waals surface area contributed by atoms with Crippen molar-refractivity contribution < 1.29 is 58.9 Å². The molecular formula is C42H63Cl3N6SiTi. The van der Waals surface area contributed by atoms with Crippen LogP contribution in [0.25, 0.3) is 0 Å². The Morgan fingerprint density at radius 1 is 0.415 bits per heavy atom. The Labute approximate surface area is 357 Å². The van der Waals surface area contributed by atoms with Gasteiger partial charge in [0.15, 0.2) is 8.07 Å². The van der Waals surface area contributed by atoms with E-state index in [0.717, 1.165) is 0 Å². The van der Waals surface area contributed by atoms with Gasteiger partial charge in [0.25, 0.3) is 0 Å². The average molecular weight is 834 g/mol. The standard InChI is InChI=1S/C42H63N6Si.3ClH.Ti/c1-26-20-33(43(8)9)39(46(14)15)36(23-26)49(42-31(6)29(4)30(5)32(42)7,37-24-27(2)21-34(44(10)11)40(37)47(16)17)38-25-28(3)22-35(45(12)13)41(38)48(18)19;;;;/h20-25H,1-19H3;3*1H;/q-1;;;;+4/p-3. The molecule has 0 amide bonds. The predicted molar refractivity (Wildman–Crippen MR) is 225 cm³/mol. The molecule has 0 aliphatic rings. The predicted octanol–water partition coefficient (Wildman–Crippen LogP) is -3.65. The van der Waals surface area contributed by atoms with E-state index in [1.165, 1.54) is 93.8 Å². The van der Waals surface area contributed by atoms with Crippen LogP contribution in [-0.2, 0) is 21.7 Å². The zero-order chi connectivity index (χ0) is 37.0. The van der Waals surface area contributed by atoms with Gasteiger partial charge in [-0.25, -0.2) is 0 Å². The van der Waals surface area contributed by atoms with Crippen molar-refractivity contribution in [1.82, 2.24) is 0 Å². The van der Waals surface area contributed by atoms with E-state index in [2.05, 4.69) is 199 Å². The van der Waals surface area contributed by atoms with Crippen LogP contribution in [0.2, 0.25) is 0 Å². The SMILES string of the molecule is Cc1cc(N(C)C)c(N(C)C)c([Si](c2cc(C)cc(N(C)C)c2N(C)C)(c2cc(C)cc(N(C)C)c2N(C)C)c2c(C)c(C)c(C)[c-]2C)c1.[Cl-].[Cl-].[Cl-].[Ti+4]. The molecule has 11 heteroatoms.